The van der Waals surface area contributed by atoms with Crippen molar-refractivity contribution in [3.63, 3.8) is 0 Å². The lowest BCUT2D eigenvalue weighted by molar-refractivity contribution is -0.115. The van der Waals surface area contributed by atoms with Crippen LogP contribution in [-0.2, 0) is 17.8 Å². The summed E-state index contributed by atoms with van der Waals surface area (Å²) in [5, 5.41) is 14.7. The third kappa shape index (κ3) is 5.00. The number of nitrogens with zero attached hydrogens (tertiary/aromatic N) is 2. The molecule has 0 bridgehead atoms. The van der Waals surface area contributed by atoms with E-state index in [4.69, 9.17) is 4.98 Å². The number of carbonyl (C=O) groups is 1. The molecule has 3 aromatic carbocycles. The number of fused-ring (bicyclic) bond motifs is 1. The maximum Gasteiger partial charge on any atom is 0.229 e. The second-order valence-electron chi connectivity index (χ2n) is 9.09. The largest absolute Gasteiger partial charge is 0.392 e. The lowest BCUT2D eigenvalue weighted by Gasteiger charge is -2.23. The summed E-state index contributed by atoms with van der Waals surface area (Å²) in [5.74, 6) is 0.795. The van der Waals surface area contributed by atoms with Crippen molar-refractivity contribution in [3.8, 4) is 11.3 Å². The molecule has 1 aromatic heterocycles. The van der Waals surface area contributed by atoms with Crippen molar-refractivity contribution < 1.29 is 9.90 Å². The first-order chi connectivity index (χ1) is 16.7. The predicted molar refractivity (Wildman–Crippen MR) is 135 cm³/mol. The zero-order valence-corrected chi connectivity index (χ0v) is 19.2. The average molecular weight is 452 g/mol. The Labute approximate surface area is 199 Å². The van der Waals surface area contributed by atoms with Gasteiger partial charge in [-0.3, -0.25) is 4.79 Å². The Morgan fingerprint density at radius 2 is 1.65 bits per heavy atom. The Hall–Kier alpha value is -3.57. The first kappa shape index (κ1) is 22.2. The highest BCUT2D eigenvalue weighted by Crippen LogP contribution is 2.35. The van der Waals surface area contributed by atoms with E-state index in [1.54, 1.807) is 6.20 Å². The number of hydrogen-bond acceptors (Lipinski definition) is 4. The van der Waals surface area contributed by atoms with Gasteiger partial charge in [-0.2, -0.15) is 0 Å². The number of aromatic nitrogens is 2. The molecule has 5 nitrogen and oxygen atoms in total. The molecule has 1 aliphatic rings. The number of benzene rings is 3. The van der Waals surface area contributed by atoms with E-state index in [9.17, 15) is 9.90 Å². The summed E-state index contributed by atoms with van der Waals surface area (Å²) in [6.07, 6.45) is 7.74. The SMILES string of the molecule is O=C(Cc1ccc2ccccc2c1)Nc1ncc(-c2ccc(CO)cc2)nc1C1CCCCC1. The van der Waals surface area contributed by atoms with Gasteiger partial charge in [0.2, 0.25) is 5.91 Å². The molecule has 0 unspecified atom stereocenters. The molecule has 4 aromatic rings. The van der Waals surface area contributed by atoms with Crippen LogP contribution in [0.2, 0.25) is 0 Å². The monoisotopic (exact) mass is 451 g/mol. The minimum absolute atomic E-state index is 0.0153. The minimum Gasteiger partial charge on any atom is -0.392 e. The lowest BCUT2D eigenvalue weighted by atomic mass is 9.86. The number of nitrogens with one attached hydrogen (secondary N) is 1. The molecule has 172 valence electrons. The van der Waals surface area contributed by atoms with Crippen LogP contribution in [0.5, 0.6) is 0 Å². The van der Waals surface area contributed by atoms with Crippen molar-refractivity contribution in [2.75, 3.05) is 5.32 Å². The highest BCUT2D eigenvalue weighted by atomic mass is 16.3. The van der Waals surface area contributed by atoms with Gasteiger partial charge in [0.15, 0.2) is 5.82 Å². The average Bonchev–Trinajstić information content (AvgIpc) is 2.89. The maximum absolute atomic E-state index is 13.0. The van der Waals surface area contributed by atoms with Crippen molar-refractivity contribution >= 4 is 22.5 Å². The fraction of sp³-hybridized carbons (Fsp3) is 0.276. The Bertz CT molecular complexity index is 1290. The molecule has 0 atom stereocenters. The van der Waals surface area contributed by atoms with E-state index in [0.717, 1.165) is 46.3 Å². The first-order valence-corrected chi connectivity index (χ1v) is 12.0. The zero-order valence-electron chi connectivity index (χ0n) is 19.2. The van der Waals surface area contributed by atoms with Crippen LogP contribution in [0.3, 0.4) is 0 Å². The highest BCUT2D eigenvalue weighted by molar-refractivity contribution is 5.93. The molecule has 1 saturated carbocycles. The summed E-state index contributed by atoms with van der Waals surface area (Å²) in [6, 6.07) is 22.0. The third-order valence-corrected chi connectivity index (χ3v) is 6.66. The van der Waals surface area contributed by atoms with Crippen LogP contribution in [0.4, 0.5) is 5.82 Å². The van der Waals surface area contributed by atoms with Crippen molar-refractivity contribution in [3.05, 3.63) is 89.7 Å². The van der Waals surface area contributed by atoms with Crippen molar-refractivity contribution in [2.24, 2.45) is 0 Å². The number of aliphatic hydroxyl groups is 1. The standard InChI is InChI=1S/C29H29N3O2/c33-19-20-10-14-23(15-11-20)26-18-30-29(28(31-26)24-7-2-1-3-8-24)32-27(34)17-21-12-13-22-6-4-5-9-25(22)16-21/h4-6,9-16,18,24,33H,1-3,7-8,17,19H2,(H,30,32,34). The van der Waals surface area contributed by atoms with Gasteiger partial charge in [-0.1, -0.05) is 86.0 Å². The summed E-state index contributed by atoms with van der Waals surface area (Å²) in [4.78, 5) is 22.6. The van der Waals surface area contributed by atoms with Crippen molar-refractivity contribution in [2.45, 2.75) is 51.0 Å². The topological polar surface area (TPSA) is 75.1 Å². The van der Waals surface area contributed by atoms with Gasteiger partial charge in [-0.25, -0.2) is 9.97 Å². The van der Waals surface area contributed by atoms with Crippen LogP contribution in [0.15, 0.2) is 72.9 Å². The van der Waals surface area contributed by atoms with Gasteiger partial charge in [0.25, 0.3) is 0 Å². The van der Waals surface area contributed by atoms with Gasteiger partial charge in [-0.05, 0) is 34.7 Å². The van der Waals surface area contributed by atoms with Crippen LogP contribution in [0, 0.1) is 0 Å². The molecule has 5 rings (SSSR count). The molecule has 34 heavy (non-hydrogen) atoms. The highest BCUT2D eigenvalue weighted by Gasteiger charge is 2.23. The van der Waals surface area contributed by atoms with E-state index in [-0.39, 0.29) is 12.5 Å². The zero-order chi connectivity index (χ0) is 23.3. The number of carbonyl (C=O) groups excluding carboxylic acids is 1. The number of rotatable bonds is 6. The van der Waals surface area contributed by atoms with Crippen LogP contribution in [-0.4, -0.2) is 21.0 Å². The van der Waals surface area contributed by atoms with Crippen LogP contribution in [0.1, 0.15) is 54.8 Å². The molecular weight excluding hydrogens is 422 g/mol. The summed E-state index contributed by atoms with van der Waals surface area (Å²) in [7, 11) is 0. The van der Waals surface area contributed by atoms with E-state index < -0.39 is 0 Å². The van der Waals surface area contributed by atoms with Gasteiger partial charge < -0.3 is 10.4 Å². The van der Waals surface area contributed by atoms with Gasteiger partial charge in [0, 0.05) is 11.5 Å². The quantitative estimate of drug-likeness (QED) is 0.376. The summed E-state index contributed by atoms with van der Waals surface area (Å²) in [6.45, 7) is 0.0153. The molecule has 5 heteroatoms. The summed E-state index contributed by atoms with van der Waals surface area (Å²) >= 11 is 0. The number of hydrogen-bond donors (Lipinski definition) is 2. The fourth-order valence-corrected chi connectivity index (χ4v) is 4.79. The Morgan fingerprint density at radius 1 is 0.912 bits per heavy atom. The van der Waals surface area contributed by atoms with E-state index in [2.05, 4.69) is 34.6 Å². The maximum atomic E-state index is 13.0. The Balaban J connectivity index is 1.40. The molecule has 0 aliphatic heterocycles. The van der Waals surface area contributed by atoms with E-state index in [1.807, 2.05) is 42.5 Å². The predicted octanol–water partition coefficient (Wildman–Crippen LogP) is 6.02. The Morgan fingerprint density at radius 3 is 2.41 bits per heavy atom. The van der Waals surface area contributed by atoms with E-state index in [1.165, 1.54) is 24.6 Å². The molecule has 1 aliphatic carbocycles. The molecule has 0 saturated heterocycles. The molecule has 0 spiro atoms. The van der Waals surface area contributed by atoms with Gasteiger partial charge in [0.1, 0.15) is 0 Å². The summed E-state index contributed by atoms with van der Waals surface area (Å²) < 4.78 is 0. The minimum atomic E-state index is -0.0818. The molecule has 1 amide bonds. The number of aliphatic hydroxyl groups excluding tert-OH is 1. The molecular formula is C29H29N3O2. The van der Waals surface area contributed by atoms with Crippen molar-refractivity contribution in [1.82, 2.24) is 9.97 Å². The molecule has 0 radical (unpaired) electrons. The van der Waals surface area contributed by atoms with E-state index in [0.29, 0.717) is 18.2 Å². The number of amides is 1. The van der Waals surface area contributed by atoms with Crippen LogP contribution < -0.4 is 5.32 Å². The first-order valence-electron chi connectivity index (χ1n) is 12.0. The van der Waals surface area contributed by atoms with Gasteiger partial charge >= 0.3 is 0 Å². The van der Waals surface area contributed by atoms with Crippen LogP contribution >= 0.6 is 0 Å². The molecule has 1 fully saturated rings. The van der Waals surface area contributed by atoms with Gasteiger partial charge in [-0.15, -0.1) is 0 Å². The normalized spacial score (nSPS) is 14.3. The molecule has 2 N–H and O–H groups in total. The lowest BCUT2D eigenvalue weighted by Crippen LogP contribution is -2.19. The molecule has 1 heterocycles. The fourth-order valence-electron chi connectivity index (χ4n) is 4.79. The van der Waals surface area contributed by atoms with E-state index >= 15 is 0 Å². The van der Waals surface area contributed by atoms with Crippen LogP contribution in [0.25, 0.3) is 22.0 Å². The smallest absolute Gasteiger partial charge is 0.229 e. The number of anilines is 1. The second kappa shape index (κ2) is 10.1. The Kier molecular flexibility index (Phi) is 6.63. The van der Waals surface area contributed by atoms with Crippen molar-refractivity contribution in [1.29, 1.82) is 0 Å². The van der Waals surface area contributed by atoms with Gasteiger partial charge in [0.05, 0.1) is 30.6 Å². The third-order valence-electron chi connectivity index (χ3n) is 6.66. The second-order valence-corrected chi connectivity index (χ2v) is 9.09. The summed E-state index contributed by atoms with van der Waals surface area (Å²) in [5.41, 5.74) is 4.47.